The second-order valence-electron chi connectivity index (χ2n) is 10.4. The van der Waals surface area contributed by atoms with Crippen LogP contribution in [0.4, 0.5) is 17.2 Å². The van der Waals surface area contributed by atoms with E-state index >= 15 is 0 Å². The number of nitrogens with two attached hydrogens (primary N) is 1. The van der Waals surface area contributed by atoms with Crippen LogP contribution in [0.15, 0.2) is 72.0 Å². The minimum Gasteiger partial charge on any atom is -0.404 e. The number of nitrogens with zero attached hydrogens (tertiary/aromatic N) is 3. The Bertz CT molecular complexity index is 1400. The van der Waals surface area contributed by atoms with Gasteiger partial charge in [0.1, 0.15) is 5.82 Å². The summed E-state index contributed by atoms with van der Waals surface area (Å²) in [4.78, 5) is 36.7. The van der Waals surface area contributed by atoms with Crippen molar-refractivity contribution < 1.29 is 9.59 Å². The highest BCUT2D eigenvalue weighted by Crippen LogP contribution is 2.31. The molecule has 0 radical (unpaired) electrons. The molecule has 0 atom stereocenters. The first-order valence-electron chi connectivity index (χ1n) is 13.9. The third-order valence-electron chi connectivity index (χ3n) is 7.19. The number of benzene rings is 2. The van der Waals surface area contributed by atoms with Gasteiger partial charge in [-0.15, -0.1) is 0 Å². The molecular formula is C32H39N7O2. The van der Waals surface area contributed by atoms with E-state index < -0.39 is 0 Å². The van der Waals surface area contributed by atoms with E-state index in [9.17, 15) is 9.59 Å². The Kier molecular flexibility index (Phi) is 9.73. The highest BCUT2D eigenvalue weighted by molar-refractivity contribution is 6.09. The summed E-state index contributed by atoms with van der Waals surface area (Å²) >= 11 is 0. The van der Waals surface area contributed by atoms with Crippen molar-refractivity contribution in [2.45, 2.75) is 38.6 Å². The first-order chi connectivity index (χ1) is 19.8. The Labute approximate surface area is 242 Å². The molecule has 1 aromatic heterocycles. The van der Waals surface area contributed by atoms with Crippen LogP contribution in [0.1, 0.15) is 64.4 Å². The normalized spacial score (nSPS) is 14.4. The molecule has 2 aromatic carbocycles. The lowest BCUT2D eigenvalue weighted by Gasteiger charge is -2.32. The van der Waals surface area contributed by atoms with E-state index in [0.29, 0.717) is 41.6 Å². The maximum atomic E-state index is 13.4. The first kappa shape index (κ1) is 29.3. The molecule has 0 saturated carbocycles. The van der Waals surface area contributed by atoms with Crippen molar-refractivity contribution >= 4 is 40.8 Å². The molecule has 0 spiro atoms. The summed E-state index contributed by atoms with van der Waals surface area (Å²) in [5.74, 6) is 0.757. The Balaban J connectivity index is 1.40. The van der Waals surface area contributed by atoms with Crippen LogP contribution in [0.2, 0.25) is 0 Å². The minimum atomic E-state index is -0.294. The molecule has 1 aliphatic heterocycles. The van der Waals surface area contributed by atoms with Crippen LogP contribution in [-0.4, -0.2) is 61.1 Å². The lowest BCUT2D eigenvalue weighted by atomic mass is 9.88. The third kappa shape index (κ3) is 7.30. The van der Waals surface area contributed by atoms with Crippen LogP contribution in [0.25, 0.3) is 5.57 Å². The van der Waals surface area contributed by atoms with E-state index in [-0.39, 0.29) is 17.9 Å². The summed E-state index contributed by atoms with van der Waals surface area (Å²) in [6.07, 6.45) is 6.62. The Hall–Kier alpha value is -4.66. The molecule has 3 aromatic rings. The molecule has 0 aliphatic carbocycles. The number of aromatic nitrogens is 1. The van der Waals surface area contributed by atoms with Gasteiger partial charge in [-0.1, -0.05) is 24.3 Å². The van der Waals surface area contributed by atoms with Gasteiger partial charge in [0, 0.05) is 63.0 Å². The number of piperidine rings is 1. The topological polar surface area (TPSA) is 125 Å². The van der Waals surface area contributed by atoms with E-state index in [1.807, 2.05) is 24.8 Å². The van der Waals surface area contributed by atoms with Gasteiger partial charge in [-0.25, -0.2) is 4.98 Å². The molecule has 2 amide bonds. The third-order valence-corrected chi connectivity index (χ3v) is 7.19. The summed E-state index contributed by atoms with van der Waals surface area (Å²) in [5.41, 5.74) is 11.1. The predicted molar refractivity (Wildman–Crippen MR) is 168 cm³/mol. The molecular weight excluding hydrogens is 514 g/mol. The van der Waals surface area contributed by atoms with Crippen molar-refractivity contribution in [3.8, 4) is 0 Å². The van der Waals surface area contributed by atoms with Crippen LogP contribution in [0.3, 0.4) is 0 Å². The van der Waals surface area contributed by atoms with Gasteiger partial charge in [0.05, 0.1) is 16.9 Å². The summed E-state index contributed by atoms with van der Waals surface area (Å²) in [7, 11) is 3.50. The van der Waals surface area contributed by atoms with Gasteiger partial charge in [-0.3, -0.25) is 14.6 Å². The number of hydrogen-bond donors (Lipinski definition) is 4. The number of carbonyl (C=O) groups excluding carboxylic acids is 2. The molecule has 2 heterocycles. The fourth-order valence-corrected chi connectivity index (χ4v) is 5.00. The molecule has 1 fully saturated rings. The van der Waals surface area contributed by atoms with Crippen LogP contribution in [0, 0.1) is 0 Å². The van der Waals surface area contributed by atoms with E-state index in [0.717, 1.165) is 29.7 Å². The molecule has 0 bridgehead atoms. The number of nitrogens with one attached hydrogen (secondary N) is 3. The Morgan fingerprint density at radius 1 is 1.00 bits per heavy atom. The van der Waals surface area contributed by atoms with Crippen molar-refractivity contribution in [3.63, 3.8) is 0 Å². The fraction of sp³-hybridized carbons (Fsp3) is 0.312. The second-order valence-corrected chi connectivity index (χ2v) is 10.4. The van der Waals surface area contributed by atoms with Gasteiger partial charge in [0.2, 0.25) is 0 Å². The highest BCUT2D eigenvalue weighted by Gasteiger charge is 2.25. The summed E-state index contributed by atoms with van der Waals surface area (Å²) < 4.78 is 0. The molecule has 5 N–H and O–H groups in total. The van der Waals surface area contributed by atoms with E-state index in [1.54, 1.807) is 57.0 Å². The molecule has 1 aliphatic rings. The monoisotopic (exact) mass is 553 g/mol. The predicted octanol–water partition coefficient (Wildman–Crippen LogP) is 5.22. The van der Waals surface area contributed by atoms with E-state index in [4.69, 9.17) is 5.73 Å². The minimum absolute atomic E-state index is 0.0423. The van der Waals surface area contributed by atoms with Gasteiger partial charge in [0.15, 0.2) is 0 Å². The quantitative estimate of drug-likeness (QED) is 0.270. The number of likely N-dealkylation sites (tertiary alicyclic amines) is 1. The van der Waals surface area contributed by atoms with Gasteiger partial charge < -0.3 is 26.6 Å². The van der Waals surface area contributed by atoms with Crippen LogP contribution in [0.5, 0.6) is 0 Å². The summed E-state index contributed by atoms with van der Waals surface area (Å²) in [5, 5.41) is 9.24. The zero-order valence-corrected chi connectivity index (χ0v) is 24.1. The van der Waals surface area contributed by atoms with Crippen LogP contribution < -0.4 is 21.7 Å². The number of amides is 2. The van der Waals surface area contributed by atoms with Crippen molar-refractivity contribution in [2.24, 2.45) is 10.7 Å². The molecule has 41 heavy (non-hydrogen) atoms. The van der Waals surface area contributed by atoms with Crippen molar-refractivity contribution in [3.05, 3.63) is 89.2 Å². The van der Waals surface area contributed by atoms with Gasteiger partial charge in [0.25, 0.3) is 11.8 Å². The zero-order valence-electron chi connectivity index (χ0n) is 24.1. The second kappa shape index (κ2) is 13.6. The zero-order chi connectivity index (χ0) is 29.4. The molecule has 0 unspecified atom stereocenters. The largest absolute Gasteiger partial charge is 0.404 e. The van der Waals surface area contributed by atoms with Crippen LogP contribution in [-0.2, 0) is 0 Å². The van der Waals surface area contributed by atoms with Crippen molar-refractivity contribution in [1.82, 2.24) is 9.88 Å². The average Bonchev–Trinajstić information content (AvgIpc) is 2.99. The van der Waals surface area contributed by atoms with Gasteiger partial charge >= 0.3 is 0 Å². The fourth-order valence-electron chi connectivity index (χ4n) is 5.00. The standard InChI is InChI=1S/C32H39N7O2/c1-21(2)37-30-12-10-26(20-36-30)31(40)38-29-17-25(9-11-28(29)35-4)32(41)39-15-13-24(14-16-39)22-5-7-23(8-6-22)27(18-33)19-34-3/h5-12,17-21,24,35H,13-16,33H2,1-4H3,(H,36,37)(H,38,40). The number of aliphatic imine (C=N–C) groups is 1. The molecule has 214 valence electrons. The van der Waals surface area contributed by atoms with Crippen molar-refractivity contribution in [2.75, 3.05) is 43.1 Å². The molecule has 9 heteroatoms. The molecule has 9 nitrogen and oxygen atoms in total. The number of carbonyl (C=O) groups is 2. The highest BCUT2D eigenvalue weighted by atomic mass is 16.2. The number of anilines is 3. The summed E-state index contributed by atoms with van der Waals surface area (Å²) in [6, 6.07) is 17.5. The van der Waals surface area contributed by atoms with Crippen LogP contribution >= 0.6 is 0 Å². The number of rotatable bonds is 9. The maximum Gasteiger partial charge on any atom is 0.257 e. The number of allylic oxidation sites excluding steroid dienone is 1. The lowest BCUT2D eigenvalue weighted by Crippen LogP contribution is -2.38. The van der Waals surface area contributed by atoms with Crippen molar-refractivity contribution in [1.29, 1.82) is 0 Å². The maximum absolute atomic E-state index is 13.4. The molecule has 4 rings (SSSR count). The number of pyridine rings is 1. The SMILES string of the molecule is CN=CC(=CN)c1ccc(C2CCN(C(=O)c3ccc(NC)c(NC(=O)c4ccc(NC(C)C)nc4)c3)CC2)cc1. The average molecular weight is 554 g/mol. The van der Waals surface area contributed by atoms with Gasteiger partial charge in [-0.05, 0) is 74.1 Å². The van der Waals surface area contributed by atoms with E-state index in [1.165, 1.54) is 5.56 Å². The van der Waals surface area contributed by atoms with Gasteiger partial charge in [-0.2, -0.15) is 0 Å². The summed E-state index contributed by atoms with van der Waals surface area (Å²) in [6.45, 7) is 5.38. The Morgan fingerprint density at radius 2 is 1.68 bits per heavy atom. The lowest BCUT2D eigenvalue weighted by molar-refractivity contribution is 0.0712. The first-order valence-corrected chi connectivity index (χ1v) is 13.9. The molecule has 1 saturated heterocycles. The Morgan fingerprint density at radius 3 is 2.27 bits per heavy atom. The smallest absolute Gasteiger partial charge is 0.257 e. The number of hydrogen-bond acceptors (Lipinski definition) is 7. The van der Waals surface area contributed by atoms with E-state index in [2.05, 4.69) is 50.2 Å².